The first-order chi connectivity index (χ1) is 10.0. The van der Waals surface area contributed by atoms with Gasteiger partial charge in [-0.1, -0.05) is 35.9 Å². The Balaban J connectivity index is 2.08. The Bertz CT molecular complexity index is 677. The lowest BCUT2D eigenvalue weighted by Crippen LogP contribution is -1.97. The van der Waals surface area contributed by atoms with E-state index in [1.807, 2.05) is 43.3 Å². The first-order valence-electron chi connectivity index (χ1n) is 6.43. The SMILES string of the molecule is Cc1ccc(Cl)cc1OCc1cccc(C=CC(=O)O)c1. The monoisotopic (exact) mass is 302 g/mol. The molecule has 0 aliphatic heterocycles. The second kappa shape index (κ2) is 6.95. The van der Waals surface area contributed by atoms with Gasteiger partial charge in [0, 0.05) is 11.1 Å². The molecule has 0 fully saturated rings. The lowest BCUT2D eigenvalue weighted by atomic mass is 10.1. The number of carboxylic acid groups (broad SMARTS) is 1. The van der Waals surface area contributed by atoms with E-state index in [0.29, 0.717) is 11.6 Å². The quantitative estimate of drug-likeness (QED) is 0.836. The van der Waals surface area contributed by atoms with E-state index in [2.05, 4.69) is 0 Å². The summed E-state index contributed by atoms with van der Waals surface area (Å²) in [5.74, 6) is -0.222. The Morgan fingerprint density at radius 1 is 1.29 bits per heavy atom. The highest BCUT2D eigenvalue weighted by Gasteiger charge is 2.02. The second-order valence-corrected chi connectivity index (χ2v) is 5.05. The summed E-state index contributed by atoms with van der Waals surface area (Å²) >= 11 is 5.95. The van der Waals surface area contributed by atoms with E-state index < -0.39 is 5.97 Å². The molecule has 0 saturated heterocycles. The number of hydrogen-bond donors (Lipinski definition) is 1. The molecule has 0 amide bonds. The van der Waals surface area contributed by atoms with Crippen molar-refractivity contribution in [1.82, 2.24) is 0 Å². The van der Waals surface area contributed by atoms with Crippen LogP contribution in [0.15, 0.2) is 48.5 Å². The van der Waals surface area contributed by atoms with Gasteiger partial charge in [-0.25, -0.2) is 4.79 Å². The maximum atomic E-state index is 10.5. The van der Waals surface area contributed by atoms with Crippen LogP contribution in [0.4, 0.5) is 0 Å². The Hall–Kier alpha value is -2.26. The number of benzene rings is 2. The fraction of sp³-hybridized carbons (Fsp3) is 0.118. The molecule has 21 heavy (non-hydrogen) atoms. The number of rotatable bonds is 5. The maximum Gasteiger partial charge on any atom is 0.328 e. The van der Waals surface area contributed by atoms with Crippen molar-refractivity contribution in [3.05, 3.63) is 70.3 Å². The zero-order chi connectivity index (χ0) is 15.2. The van der Waals surface area contributed by atoms with E-state index in [9.17, 15) is 4.79 Å². The van der Waals surface area contributed by atoms with Crippen LogP contribution in [0.1, 0.15) is 16.7 Å². The van der Waals surface area contributed by atoms with E-state index in [1.54, 1.807) is 12.1 Å². The molecule has 108 valence electrons. The number of carboxylic acids is 1. The number of carbonyl (C=O) groups is 1. The van der Waals surface area contributed by atoms with Crippen molar-refractivity contribution >= 4 is 23.6 Å². The number of hydrogen-bond acceptors (Lipinski definition) is 2. The molecule has 2 aromatic rings. The molecule has 0 atom stereocenters. The van der Waals surface area contributed by atoms with Gasteiger partial charge in [0.2, 0.25) is 0 Å². The van der Waals surface area contributed by atoms with Crippen LogP contribution in [0.2, 0.25) is 5.02 Å². The first kappa shape index (κ1) is 15.1. The summed E-state index contributed by atoms with van der Waals surface area (Å²) in [6.45, 7) is 2.35. The molecule has 2 rings (SSSR count). The van der Waals surface area contributed by atoms with Crippen molar-refractivity contribution in [3.8, 4) is 5.75 Å². The van der Waals surface area contributed by atoms with Gasteiger partial charge in [-0.05, 0) is 47.9 Å². The Kier molecular flexibility index (Phi) is 5.01. The normalized spacial score (nSPS) is 10.8. The molecule has 0 aromatic heterocycles. The van der Waals surface area contributed by atoms with E-state index in [0.717, 1.165) is 28.5 Å². The van der Waals surface area contributed by atoms with Gasteiger partial charge in [0.05, 0.1) is 0 Å². The summed E-state index contributed by atoms with van der Waals surface area (Å²) in [6, 6.07) is 13.0. The van der Waals surface area contributed by atoms with Crippen molar-refractivity contribution < 1.29 is 14.6 Å². The van der Waals surface area contributed by atoms with E-state index in [1.165, 1.54) is 0 Å². The highest BCUT2D eigenvalue weighted by atomic mass is 35.5. The van der Waals surface area contributed by atoms with Gasteiger partial charge >= 0.3 is 5.97 Å². The van der Waals surface area contributed by atoms with Gasteiger partial charge in [-0.3, -0.25) is 0 Å². The summed E-state index contributed by atoms with van der Waals surface area (Å²) in [4.78, 5) is 10.5. The van der Waals surface area contributed by atoms with Crippen molar-refractivity contribution in [2.24, 2.45) is 0 Å². The van der Waals surface area contributed by atoms with E-state index in [-0.39, 0.29) is 0 Å². The van der Waals surface area contributed by atoms with Gasteiger partial charge in [0.1, 0.15) is 12.4 Å². The molecule has 0 saturated carbocycles. The first-order valence-corrected chi connectivity index (χ1v) is 6.81. The summed E-state index contributed by atoms with van der Waals surface area (Å²) in [7, 11) is 0. The zero-order valence-corrected chi connectivity index (χ0v) is 12.3. The van der Waals surface area contributed by atoms with Crippen LogP contribution in [0.25, 0.3) is 6.08 Å². The molecule has 2 aromatic carbocycles. The summed E-state index contributed by atoms with van der Waals surface area (Å²) in [6.07, 6.45) is 2.66. The average Bonchev–Trinajstić information content (AvgIpc) is 2.46. The Morgan fingerprint density at radius 3 is 2.86 bits per heavy atom. The molecule has 1 N–H and O–H groups in total. The maximum absolute atomic E-state index is 10.5. The van der Waals surface area contributed by atoms with Gasteiger partial charge in [-0.2, -0.15) is 0 Å². The second-order valence-electron chi connectivity index (χ2n) is 4.62. The largest absolute Gasteiger partial charge is 0.489 e. The van der Waals surface area contributed by atoms with Crippen molar-refractivity contribution in [3.63, 3.8) is 0 Å². The fourth-order valence-electron chi connectivity index (χ4n) is 1.84. The molecule has 0 heterocycles. The van der Waals surface area contributed by atoms with Crippen LogP contribution >= 0.6 is 11.6 Å². The van der Waals surface area contributed by atoms with Gasteiger partial charge in [0.15, 0.2) is 0 Å². The predicted octanol–water partition coefficient (Wildman–Crippen LogP) is 4.33. The average molecular weight is 303 g/mol. The van der Waals surface area contributed by atoms with Gasteiger partial charge in [0.25, 0.3) is 0 Å². The number of aryl methyl sites for hydroxylation is 1. The van der Waals surface area contributed by atoms with Crippen LogP contribution < -0.4 is 4.74 Å². The third-order valence-electron chi connectivity index (χ3n) is 2.91. The van der Waals surface area contributed by atoms with E-state index in [4.69, 9.17) is 21.4 Å². The minimum Gasteiger partial charge on any atom is -0.489 e. The van der Waals surface area contributed by atoms with Crippen LogP contribution in [0.5, 0.6) is 5.75 Å². The molecule has 0 spiro atoms. The summed E-state index contributed by atoms with van der Waals surface area (Å²) < 4.78 is 5.76. The Morgan fingerprint density at radius 2 is 2.10 bits per heavy atom. The topological polar surface area (TPSA) is 46.5 Å². The van der Waals surface area contributed by atoms with Crippen LogP contribution in [0, 0.1) is 6.92 Å². The molecular weight excluding hydrogens is 288 g/mol. The van der Waals surface area contributed by atoms with Crippen LogP contribution in [-0.4, -0.2) is 11.1 Å². The van der Waals surface area contributed by atoms with Crippen LogP contribution in [-0.2, 0) is 11.4 Å². The highest BCUT2D eigenvalue weighted by Crippen LogP contribution is 2.23. The zero-order valence-electron chi connectivity index (χ0n) is 11.5. The minimum atomic E-state index is -0.966. The van der Waals surface area contributed by atoms with Crippen molar-refractivity contribution in [2.45, 2.75) is 13.5 Å². The molecule has 0 bridgehead atoms. The van der Waals surface area contributed by atoms with Gasteiger partial charge < -0.3 is 9.84 Å². The molecule has 4 heteroatoms. The van der Waals surface area contributed by atoms with Crippen LogP contribution in [0.3, 0.4) is 0 Å². The van der Waals surface area contributed by atoms with Crippen molar-refractivity contribution in [1.29, 1.82) is 0 Å². The van der Waals surface area contributed by atoms with Gasteiger partial charge in [-0.15, -0.1) is 0 Å². The smallest absolute Gasteiger partial charge is 0.328 e. The molecular formula is C17H15ClO3. The highest BCUT2D eigenvalue weighted by molar-refractivity contribution is 6.30. The molecule has 3 nitrogen and oxygen atoms in total. The lowest BCUT2D eigenvalue weighted by molar-refractivity contribution is -0.131. The number of halogens is 1. The van der Waals surface area contributed by atoms with E-state index >= 15 is 0 Å². The molecule has 0 radical (unpaired) electrons. The predicted molar refractivity (Wildman–Crippen MR) is 83.6 cm³/mol. The molecule has 0 aliphatic carbocycles. The summed E-state index contributed by atoms with van der Waals surface area (Å²) in [5, 5.41) is 9.26. The third kappa shape index (κ3) is 4.65. The minimum absolute atomic E-state index is 0.399. The molecule has 0 unspecified atom stereocenters. The standard InChI is InChI=1S/C17H15ClO3/c1-12-5-7-15(18)10-16(12)21-11-14-4-2-3-13(9-14)6-8-17(19)20/h2-10H,11H2,1H3,(H,19,20). The summed E-state index contributed by atoms with van der Waals surface area (Å²) in [5.41, 5.74) is 2.80. The number of aliphatic carboxylic acids is 1. The fourth-order valence-corrected chi connectivity index (χ4v) is 2.01. The van der Waals surface area contributed by atoms with Crippen molar-refractivity contribution in [2.75, 3.05) is 0 Å². The lowest BCUT2D eigenvalue weighted by Gasteiger charge is -2.10. The number of ether oxygens (including phenoxy) is 1. The Labute approximate surface area is 128 Å². The third-order valence-corrected chi connectivity index (χ3v) is 3.15. The molecule has 0 aliphatic rings.